The van der Waals surface area contributed by atoms with E-state index in [1.807, 2.05) is 13.2 Å². The van der Waals surface area contributed by atoms with Crippen LogP contribution >= 0.6 is 0 Å². The average molecular weight is 344 g/mol. The van der Waals surface area contributed by atoms with Crippen LogP contribution < -0.4 is 5.32 Å². The molecule has 8 heteroatoms. The molecule has 1 aromatic heterocycles. The SMILES string of the molecule is C#CCCC1(CCNC(=O)C(c2cnn(C)c2)N2CCOCC2)N=N1. The van der Waals surface area contributed by atoms with Gasteiger partial charge in [0.15, 0.2) is 5.66 Å². The zero-order chi connectivity index (χ0) is 17.7. The predicted molar refractivity (Wildman–Crippen MR) is 91.6 cm³/mol. The number of aromatic nitrogens is 2. The Morgan fingerprint density at radius 2 is 2.20 bits per heavy atom. The molecule has 0 spiro atoms. The van der Waals surface area contributed by atoms with Crippen LogP contribution in [0.4, 0.5) is 0 Å². The molecular weight excluding hydrogens is 320 g/mol. The van der Waals surface area contributed by atoms with Crippen LogP contribution in [-0.4, -0.2) is 59.1 Å². The molecule has 1 aromatic rings. The Labute approximate surface area is 147 Å². The minimum Gasteiger partial charge on any atom is -0.379 e. The molecule has 134 valence electrons. The number of ether oxygens (including phenoxy) is 1. The molecule has 2 aliphatic heterocycles. The number of hydrogen-bond acceptors (Lipinski definition) is 6. The summed E-state index contributed by atoms with van der Waals surface area (Å²) in [4.78, 5) is 15.0. The van der Waals surface area contributed by atoms with Gasteiger partial charge in [0.1, 0.15) is 6.04 Å². The fraction of sp³-hybridized carbons (Fsp3) is 0.647. The first-order chi connectivity index (χ1) is 12.1. The summed E-state index contributed by atoms with van der Waals surface area (Å²) in [5.41, 5.74) is 0.521. The highest BCUT2D eigenvalue weighted by atomic mass is 16.5. The van der Waals surface area contributed by atoms with E-state index in [9.17, 15) is 4.79 Å². The average Bonchev–Trinajstić information content (AvgIpc) is 3.27. The zero-order valence-electron chi connectivity index (χ0n) is 14.5. The Morgan fingerprint density at radius 1 is 1.44 bits per heavy atom. The molecule has 1 unspecified atom stereocenters. The molecule has 0 aromatic carbocycles. The first-order valence-electron chi connectivity index (χ1n) is 8.59. The molecule has 3 rings (SSSR count). The van der Waals surface area contributed by atoms with E-state index in [0.29, 0.717) is 32.6 Å². The molecule has 0 aliphatic carbocycles. The molecule has 1 saturated heterocycles. The van der Waals surface area contributed by atoms with Crippen LogP contribution in [-0.2, 0) is 16.6 Å². The second kappa shape index (κ2) is 7.76. The Balaban J connectivity index is 1.58. The molecule has 1 N–H and O–H groups in total. The van der Waals surface area contributed by atoms with E-state index in [4.69, 9.17) is 11.2 Å². The lowest BCUT2D eigenvalue weighted by Crippen LogP contribution is -2.46. The summed E-state index contributed by atoms with van der Waals surface area (Å²) in [5, 5.41) is 15.4. The number of morpholine rings is 1. The third kappa shape index (κ3) is 4.44. The van der Waals surface area contributed by atoms with Crippen LogP contribution in [0.15, 0.2) is 22.6 Å². The molecule has 1 fully saturated rings. The first-order valence-corrected chi connectivity index (χ1v) is 8.59. The smallest absolute Gasteiger partial charge is 0.242 e. The van der Waals surface area contributed by atoms with Gasteiger partial charge >= 0.3 is 0 Å². The molecule has 1 atom stereocenters. The highest BCUT2D eigenvalue weighted by molar-refractivity contribution is 5.83. The lowest BCUT2D eigenvalue weighted by Gasteiger charge is -2.33. The third-order valence-corrected chi connectivity index (χ3v) is 4.58. The summed E-state index contributed by atoms with van der Waals surface area (Å²) in [6.45, 7) is 3.25. The van der Waals surface area contributed by atoms with Gasteiger partial charge in [-0.15, -0.1) is 12.3 Å². The number of nitrogens with zero attached hydrogens (tertiary/aromatic N) is 5. The summed E-state index contributed by atoms with van der Waals surface area (Å²) in [6, 6.07) is -0.354. The van der Waals surface area contributed by atoms with Crippen molar-refractivity contribution in [1.82, 2.24) is 20.0 Å². The van der Waals surface area contributed by atoms with E-state index >= 15 is 0 Å². The van der Waals surface area contributed by atoms with Gasteiger partial charge in [-0.3, -0.25) is 14.4 Å². The number of carbonyl (C=O) groups excluding carboxylic acids is 1. The molecule has 0 radical (unpaired) electrons. The van der Waals surface area contributed by atoms with Gasteiger partial charge in [-0.05, 0) is 0 Å². The van der Waals surface area contributed by atoms with Crippen molar-refractivity contribution in [3.63, 3.8) is 0 Å². The maximum absolute atomic E-state index is 12.8. The number of nitrogens with one attached hydrogen (secondary N) is 1. The Morgan fingerprint density at radius 3 is 2.80 bits per heavy atom. The van der Waals surface area contributed by atoms with Gasteiger partial charge in [-0.1, -0.05) is 0 Å². The van der Waals surface area contributed by atoms with E-state index in [2.05, 4.69) is 31.5 Å². The first kappa shape index (κ1) is 17.6. The lowest BCUT2D eigenvalue weighted by molar-refractivity contribution is -0.128. The second-order valence-electron chi connectivity index (χ2n) is 6.43. The summed E-state index contributed by atoms with van der Waals surface area (Å²) in [6.07, 6.45) is 11.0. The van der Waals surface area contributed by atoms with Crippen LogP contribution in [0.25, 0.3) is 0 Å². The molecular formula is C17H24N6O2. The number of terminal acetylenes is 1. The van der Waals surface area contributed by atoms with Crippen molar-refractivity contribution in [2.75, 3.05) is 32.8 Å². The largest absolute Gasteiger partial charge is 0.379 e. The topological polar surface area (TPSA) is 84.1 Å². The van der Waals surface area contributed by atoms with Crippen molar-refractivity contribution in [3.05, 3.63) is 18.0 Å². The van der Waals surface area contributed by atoms with Gasteiger partial charge in [0.2, 0.25) is 5.91 Å². The molecule has 0 saturated carbocycles. The minimum absolute atomic E-state index is 0.0253. The fourth-order valence-corrected chi connectivity index (χ4v) is 3.10. The number of rotatable bonds is 8. The minimum atomic E-state index is -0.373. The Bertz CT molecular complexity index is 665. The van der Waals surface area contributed by atoms with Gasteiger partial charge in [-0.2, -0.15) is 15.3 Å². The van der Waals surface area contributed by atoms with Gasteiger partial charge in [-0.25, -0.2) is 0 Å². The van der Waals surface area contributed by atoms with Crippen LogP contribution in [0, 0.1) is 12.3 Å². The van der Waals surface area contributed by atoms with Crippen LogP contribution in [0.5, 0.6) is 0 Å². The Hall–Kier alpha value is -2.24. The molecule has 25 heavy (non-hydrogen) atoms. The van der Waals surface area contributed by atoms with Crippen molar-refractivity contribution in [3.8, 4) is 12.3 Å². The van der Waals surface area contributed by atoms with Crippen molar-refractivity contribution in [2.24, 2.45) is 17.3 Å². The van der Waals surface area contributed by atoms with Crippen molar-refractivity contribution in [1.29, 1.82) is 0 Å². The summed E-state index contributed by atoms with van der Waals surface area (Å²) < 4.78 is 7.12. The summed E-state index contributed by atoms with van der Waals surface area (Å²) in [7, 11) is 1.85. The molecule has 3 heterocycles. The van der Waals surface area contributed by atoms with Crippen LogP contribution in [0.2, 0.25) is 0 Å². The second-order valence-corrected chi connectivity index (χ2v) is 6.43. The monoisotopic (exact) mass is 344 g/mol. The van der Waals surface area contributed by atoms with Gasteiger partial charge in [0.05, 0.1) is 19.4 Å². The maximum atomic E-state index is 12.8. The van der Waals surface area contributed by atoms with Gasteiger partial charge in [0, 0.05) is 57.7 Å². The van der Waals surface area contributed by atoms with Gasteiger partial charge in [0.25, 0.3) is 0 Å². The van der Waals surface area contributed by atoms with E-state index < -0.39 is 0 Å². The summed E-state index contributed by atoms with van der Waals surface area (Å²) in [5.74, 6) is 2.59. The predicted octanol–water partition coefficient (Wildman–Crippen LogP) is 0.875. The lowest BCUT2D eigenvalue weighted by atomic mass is 10.0. The standard InChI is InChI=1S/C17H24N6O2/c1-3-4-5-17(20-21-17)6-7-18-16(24)15(14-12-19-22(2)13-14)23-8-10-25-11-9-23/h1,12-13,15H,4-11H2,2H3,(H,18,24). The summed E-state index contributed by atoms with van der Waals surface area (Å²) >= 11 is 0. The van der Waals surface area contributed by atoms with E-state index in [1.165, 1.54) is 0 Å². The van der Waals surface area contributed by atoms with Gasteiger partial charge < -0.3 is 10.1 Å². The molecule has 8 nitrogen and oxygen atoms in total. The maximum Gasteiger partial charge on any atom is 0.242 e. The van der Waals surface area contributed by atoms with Crippen molar-refractivity contribution in [2.45, 2.75) is 31.0 Å². The highest BCUT2D eigenvalue weighted by Gasteiger charge is 2.39. The number of hydrogen-bond donors (Lipinski definition) is 1. The number of aryl methyl sites for hydroxylation is 1. The quantitative estimate of drug-likeness (QED) is 0.710. The Kier molecular flexibility index (Phi) is 5.46. The zero-order valence-corrected chi connectivity index (χ0v) is 14.5. The van der Waals surface area contributed by atoms with E-state index in [1.54, 1.807) is 10.9 Å². The van der Waals surface area contributed by atoms with Crippen molar-refractivity contribution < 1.29 is 9.53 Å². The highest BCUT2D eigenvalue weighted by Crippen LogP contribution is 2.36. The van der Waals surface area contributed by atoms with E-state index in [0.717, 1.165) is 25.1 Å². The molecule has 1 amide bonds. The number of carbonyl (C=O) groups is 1. The third-order valence-electron chi connectivity index (χ3n) is 4.58. The van der Waals surface area contributed by atoms with Crippen molar-refractivity contribution >= 4 is 5.91 Å². The normalized spacial score (nSPS) is 20.0. The molecule has 2 aliphatic rings. The molecule has 0 bridgehead atoms. The van der Waals surface area contributed by atoms with Crippen LogP contribution in [0.1, 0.15) is 30.9 Å². The fourth-order valence-electron chi connectivity index (χ4n) is 3.10. The van der Waals surface area contributed by atoms with E-state index in [-0.39, 0.29) is 17.6 Å². The van der Waals surface area contributed by atoms with Crippen LogP contribution in [0.3, 0.4) is 0 Å². The number of amides is 1.